The van der Waals surface area contributed by atoms with Crippen LogP contribution in [0.25, 0.3) is 11.6 Å². The minimum atomic E-state index is -0.211. The topological polar surface area (TPSA) is 480 Å². The van der Waals surface area contributed by atoms with Crippen LogP contribution < -0.4 is 72.6 Å². The first-order valence-corrected chi connectivity index (χ1v) is 13.7. The highest BCUT2D eigenvalue weighted by Crippen LogP contribution is 2.20. The molecule has 0 spiro atoms. The average Bonchev–Trinajstić information content (AvgIpc) is 3.03. The second kappa shape index (κ2) is 12.9. The van der Waals surface area contributed by atoms with Gasteiger partial charge in [0.2, 0.25) is 100 Å². The van der Waals surface area contributed by atoms with E-state index < -0.39 is 0 Å². The minimum Gasteiger partial charge on any atom is -0.369 e. The van der Waals surface area contributed by atoms with Crippen molar-refractivity contribution < 1.29 is 0 Å². The Morgan fingerprint density at radius 3 is 1.57 bits per heavy atom. The predicted molar refractivity (Wildman–Crippen MR) is 179 cm³/mol. The molecule has 8 heterocycles. The second-order valence-electron chi connectivity index (χ2n) is 9.31. The molecule has 19 N–H and O–H groups in total. The third-order valence-electron chi connectivity index (χ3n) is 5.80. The lowest BCUT2D eigenvalue weighted by atomic mass is 10.6. The van der Waals surface area contributed by atoms with Crippen molar-refractivity contribution >= 4 is 94.9 Å². The van der Waals surface area contributed by atoms with Crippen molar-refractivity contribution in [2.45, 2.75) is 0 Å². The number of aromatic nitrogens is 16. The lowest BCUT2D eigenvalue weighted by molar-refractivity contribution is 0.862. The van der Waals surface area contributed by atoms with Crippen LogP contribution in [0.1, 0.15) is 0 Å². The van der Waals surface area contributed by atoms with Crippen molar-refractivity contribution in [3.8, 4) is 0 Å². The van der Waals surface area contributed by atoms with E-state index in [-0.39, 0.29) is 76.5 Å². The minimum absolute atomic E-state index is 0.0289. The highest BCUT2D eigenvalue weighted by atomic mass is 15.4. The zero-order valence-electron chi connectivity index (χ0n) is 26.0. The Hall–Kier alpha value is -8.54. The Kier molecular flexibility index (Phi) is 8.21. The molecule has 0 aromatic carbocycles. The van der Waals surface area contributed by atoms with E-state index in [1.807, 2.05) is 0 Å². The summed E-state index contributed by atoms with van der Waals surface area (Å²) in [5, 5.41) is 18.4. The van der Waals surface area contributed by atoms with E-state index in [9.17, 15) is 0 Å². The van der Waals surface area contributed by atoms with Crippen LogP contribution in [-0.2, 0) is 0 Å². The molecule has 2 aliphatic heterocycles. The lowest BCUT2D eigenvalue weighted by Gasteiger charge is -2.15. The van der Waals surface area contributed by atoms with Crippen LogP contribution >= 0.6 is 0 Å². The summed E-state index contributed by atoms with van der Waals surface area (Å²) in [6, 6.07) is 0. The Balaban J connectivity index is 0.000000132. The maximum Gasteiger partial charge on any atom is 0.251 e. The second-order valence-corrected chi connectivity index (χ2v) is 9.31. The van der Waals surface area contributed by atoms with Crippen molar-refractivity contribution in [2.75, 3.05) is 64.0 Å². The molecule has 6 aromatic heterocycles. The van der Waals surface area contributed by atoms with Crippen LogP contribution in [0.4, 0.5) is 71.4 Å². The number of anilines is 10. The molecular formula is C20H25N31. The third kappa shape index (κ3) is 7.08. The molecule has 0 amide bonds. The first-order chi connectivity index (χ1) is 24.4. The molecule has 31 nitrogen and oxygen atoms in total. The summed E-state index contributed by atoms with van der Waals surface area (Å²) >= 11 is 0. The molecule has 51 heavy (non-hydrogen) atoms. The summed E-state index contributed by atoms with van der Waals surface area (Å²) in [6.45, 7) is 0. The number of hydrogen-bond donors (Lipinski definition) is 12. The highest BCUT2D eigenvalue weighted by molar-refractivity contribution is 5.94. The van der Waals surface area contributed by atoms with E-state index in [0.717, 1.165) is 0 Å². The number of nitrogens with one attached hydrogen (secondary N) is 5. The molecule has 260 valence electrons. The van der Waals surface area contributed by atoms with Gasteiger partial charge in [-0.25, -0.2) is 8.80 Å². The molecule has 6 aromatic rings. The van der Waals surface area contributed by atoms with Gasteiger partial charge in [-0.3, -0.25) is 26.4 Å². The quantitative estimate of drug-likeness (QED) is 0.0819. The van der Waals surface area contributed by atoms with E-state index in [0.29, 0.717) is 29.6 Å². The van der Waals surface area contributed by atoms with Crippen LogP contribution in [0, 0.1) is 5.41 Å². The molecule has 0 fully saturated rings. The monoisotopic (exact) mass is 699 g/mol. The van der Waals surface area contributed by atoms with Gasteiger partial charge in [0.25, 0.3) is 5.62 Å². The SMILES string of the molecule is CN=c1nc2n3c(nc(NC)nc3n1)NC(N)=N2.N=c1nc2n3c(nc(N)nc3n1)NC(N)=N2.Nc1nc(N)nc(Nc2nc(N)nc(N)n2)n1. The van der Waals surface area contributed by atoms with Crippen molar-refractivity contribution in [1.29, 1.82) is 5.41 Å². The van der Waals surface area contributed by atoms with Gasteiger partial charge in [0, 0.05) is 14.1 Å². The smallest absolute Gasteiger partial charge is 0.251 e. The summed E-state index contributed by atoms with van der Waals surface area (Å²) < 4.78 is 2.98. The van der Waals surface area contributed by atoms with Crippen LogP contribution in [0.3, 0.4) is 0 Å². The molecule has 0 aliphatic carbocycles. The Labute approximate surface area is 280 Å². The number of aliphatic imine (C=N–C) groups is 2. The fourth-order valence-electron chi connectivity index (χ4n) is 3.94. The zero-order chi connectivity index (χ0) is 36.4. The number of hydrogen-bond acceptors (Lipinski definition) is 29. The van der Waals surface area contributed by atoms with Crippen LogP contribution in [0.15, 0.2) is 15.0 Å². The molecular weight excluding hydrogens is 674 g/mol. The van der Waals surface area contributed by atoms with E-state index in [4.69, 9.17) is 45.5 Å². The van der Waals surface area contributed by atoms with Crippen molar-refractivity contribution in [3.05, 3.63) is 11.2 Å². The number of guanidine groups is 2. The summed E-state index contributed by atoms with van der Waals surface area (Å²) in [5.74, 6) is 2.71. The highest BCUT2D eigenvalue weighted by Gasteiger charge is 2.18. The molecule has 8 rings (SSSR count). The van der Waals surface area contributed by atoms with Crippen molar-refractivity contribution in [2.24, 2.45) is 26.4 Å². The fourth-order valence-corrected chi connectivity index (χ4v) is 3.94. The maximum absolute atomic E-state index is 7.38. The Morgan fingerprint density at radius 2 is 1.04 bits per heavy atom. The molecule has 2 aliphatic rings. The van der Waals surface area contributed by atoms with Gasteiger partial charge in [0.15, 0.2) is 0 Å². The molecule has 0 saturated carbocycles. The van der Waals surface area contributed by atoms with Gasteiger partial charge in [0.05, 0.1) is 0 Å². The molecule has 0 unspecified atom stereocenters. The zero-order valence-corrected chi connectivity index (χ0v) is 26.0. The summed E-state index contributed by atoms with van der Waals surface area (Å²) in [5.41, 5.74) is 38.3. The average molecular weight is 700 g/mol. The first kappa shape index (κ1) is 32.4. The summed E-state index contributed by atoms with van der Waals surface area (Å²) in [6.07, 6.45) is 0. The number of nitrogen functional groups attached to an aromatic ring is 5. The van der Waals surface area contributed by atoms with E-state index >= 15 is 0 Å². The van der Waals surface area contributed by atoms with Crippen molar-refractivity contribution in [3.63, 3.8) is 0 Å². The summed E-state index contributed by atoms with van der Waals surface area (Å²) in [4.78, 5) is 66.3. The standard InChI is InChI=1S/C8H10N10.C6H9N11.C6H6N10/c1-10-4-14-6-12-3(9)13-7-15-5(11-2)17-8(16-4)18(6)7;7-1-11-2(8)14-5(13-1)17-6-15-3(9)12-4(10)16-6;7-1-10-4-12-2(8)14-6-15-3(9)13-5(11-1)16(4)6/h1-2H3,(H4,9,10,11,12,13,14,15,16,17);(H9,7,8,9,10,11,12,13,14,15,16,17);(H6,7,8,9,10,11,12,13,14,15). The largest absolute Gasteiger partial charge is 0.369 e. The molecule has 0 bridgehead atoms. The van der Waals surface area contributed by atoms with E-state index in [1.54, 1.807) is 18.5 Å². The van der Waals surface area contributed by atoms with Gasteiger partial charge < -0.3 is 45.5 Å². The number of nitrogens with zero attached hydrogens (tertiary/aromatic N) is 19. The van der Waals surface area contributed by atoms with Crippen LogP contribution in [0.5, 0.6) is 0 Å². The van der Waals surface area contributed by atoms with Crippen LogP contribution in [0.2, 0.25) is 0 Å². The van der Waals surface area contributed by atoms with E-state index in [2.05, 4.69) is 106 Å². The maximum atomic E-state index is 7.38. The van der Waals surface area contributed by atoms with Gasteiger partial charge in [0.1, 0.15) is 0 Å². The van der Waals surface area contributed by atoms with Gasteiger partial charge in [-0.1, -0.05) is 0 Å². The molecule has 0 atom stereocenters. The van der Waals surface area contributed by atoms with Crippen LogP contribution in [-0.4, -0.2) is 105 Å². The summed E-state index contributed by atoms with van der Waals surface area (Å²) in [7, 11) is 3.31. The fraction of sp³-hybridized carbons (Fsp3) is 0.100. The molecule has 0 radical (unpaired) electrons. The van der Waals surface area contributed by atoms with Gasteiger partial charge >= 0.3 is 0 Å². The number of rotatable bonds is 3. The Morgan fingerprint density at radius 1 is 0.549 bits per heavy atom. The lowest BCUT2D eigenvalue weighted by Crippen LogP contribution is -2.30. The van der Waals surface area contributed by atoms with E-state index in [1.165, 1.54) is 4.40 Å². The third-order valence-corrected chi connectivity index (χ3v) is 5.80. The van der Waals surface area contributed by atoms with Gasteiger partial charge in [-0.05, 0) is 0 Å². The molecule has 0 saturated heterocycles. The van der Waals surface area contributed by atoms with Gasteiger partial charge in [-0.2, -0.15) is 79.8 Å². The Bertz CT molecular complexity index is 2420. The first-order valence-electron chi connectivity index (χ1n) is 13.7. The predicted octanol–water partition coefficient (Wildman–Crippen LogP) is -5.46. The molecule has 31 heteroatoms. The number of nitrogens with two attached hydrogens (primary N) is 7. The van der Waals surface area contributed by atoms with Gasteiger partial charge in [-0.15, -0.1) is 0 Å². The normalized spacial score (nSPS) is 12.6. The van der Waals surface area contributed by atoms with Crippen molar-refractivity contribution in [1.82, 2.24) is 78.6 Å².